The molecule has 1 atom stereocenters. The zero-order valence-electron chi connectivity index (χ0n) is 12.0. The monoisotopic (exact) mass is 298 g/mol. The molecule has 1 saturated heterocycles. The number of hydrogen-bond acceptors (Lipinski definition) is 3. The highest BCUT2D eigenvalue weighted by Crippen LogP contribution is 2.17. The maximum Gasteiger partial charge on any atom is 0.228 e. The van der Waals surface area contributed by atoms with Gasteiger partial charge in [-0.3, -0.25) is 4.79 Å². The Bertz CT molecular complexity index is 432. The van der Waals surface area contributed by atoms with Crippen LogP contribution < -0.4 is 5.32 Å². The van der Waals surface area contributed by atoms with Gasteiger partial charge in [-0.05, 0) is 19.4 Å². The quantitative estimate of drug-likeness (QED) is 0.866. The van der Waals surface area contributed by atoms with Crippen LogP contribution in [0.1, 0.15) is 24.2 Å². The first-order valence-electron chi connectivity index (χ1n) is 6.86. The van der Waals surface area contributed by atoms with Crippen LogP contribution in [0.3, 0.4) is 0 Å². The van der Waals surface area contributed by atoms with Crippen LogP contribution in [0.15, 0.2) is 24.3 Å². The predicted molar refractivity (Wildman–Crippen MR) is 82.0 cm³/mol. The van der Waals surface area contributed by atoms with Crippen molar-refractivity contribution in [2.45, 2.75) is 20.0 Å². The summed E-state index contributed by atoms with van der Waals surface area (Å²) in [4.78, 5) is 13.9. The number of amides is 1. The summed E-state index contributed by atoms with van der Waals surface area (Å²) in [6.07, 6.45) is -0.613. The van der Waals surface area contributed by atoms with Crippen LogP contribution >= 0.6 is 12.4 Å². The summed E-state index contributed by atoms with van der Waals surface area (Å²) >= 11 is 0. The van der Waals surface area contributed by atoms with Crippen molar-refractivity contribution in [3.8, 4) is 0 Å². The summed E-state index contributed by atoms with van der Waals surface area (Å²) < 4.78 is 0. The van der Waals surface area contributed by atoms with Crippen LogP contribution in [0, 0.1) is 12.8 Å². The normalized spacial score (nSPS) is 15.9. The van der Waals surface area contributed by atoms with E-state index in [2.05, 4.69) is 5.32 Å². The third kappa shape index (κ3) is 3.95. The molecule has 0 spiro atoms. The lowest BCUT2D eigenvalue weighted by molar-refractivity contribution is -0.138. The van der Waals surface area contributed by atoms with Gasteiger partial charge >= 0.3 is 0 Å². The van der Waals surface area contributed by atoms with Gasteiger partial charge in [-0.25, -0.2) is 0 Å². The van der Waals surface area contributed by atoms with E-state index >= 15 is 0 Å². The smallest absolute Gasteiger partial charge is 0.228 e. The summed E-state index contributed by atoms with van der Waals surface area (Å²) in [5, 5.41) is 13.3. The zero-order chi connectivity index (χ0) is 13.8. The van der Waals surface area contributed by atoms with E-state index in [0.717, 1.165) is 18.7 Å². The lowest BCUT2D eigenvalue weighted by Crippen LogP contribution is -2.52. The maximum atomic E-state index is 12.2. The molecule has 1 aliphatic heterocycles. The number of nitrogens with one attached hydrogen (secondary N) is 1. The molecule has 1 amide bonds. The van der Waals surface area contributed by atoms with Gasteiger partial charge in [0, 0.05) is 19.6 Å². The molecule has 0 aliphatic carbocycles. The van der Waals surface area contributed by atoms with Crippen molar-refractivity contribution >= 4 is 18.3 Å². The van der Waals surface area contributed by atoms with Crippen LogP contribution in [-0.2, 0) is 4.79 Å². The number of carbonyl (C=O) groups is 1. The standard InChI is InChI=1S/C15H22N2O2.ClH/c1-3-17(15(19)13-8-16-9-13)10-14(18)12-6-4-11(2)5-7-12;/h4-7,13-14,16,18H,3,8-10H2,1-2H3;1H. The van der Waals surface area contributed by atoms with Crippen LogP contribution in [0.2, 0.25) is 0 Å². The second-order valence-electron chi connectivity index (χ2n) is 5.16. The molecule has 1 aromatic rings. The van der Waals surface area contributed by atoms with E-state index in [1.165, 1.54) is 5.56 Å². The number of nitrogens with zero attached hydrogens (tertiary/aromatic N) is 1. The second-order valence-corrected chi connectivity index (χ2v) is 5.16. The number of benzene rings is 1. The number of aryl methyl sites for hydroxylation is 1. The fraction of sp³-hybridized carbons (Fsp3) is 0.533. The molecular weight excluding hydrogens is 276 g/mol. The molecule has 1 unspecified atom stereocenters. The number of aliphatic hydroxyl groups excluding tert-OH is 1. The SMILES string of the molecule is CCN(CC(O)c1ccc(C)cc1)C(=O)C1CNC1.Cl. The molecule has 5 heteroatoms. The number of hydrogen-bond donors (Lipinski definition) is 2. The maximum absolute atomic E-state index is 12.2. The third-order valence-electron chi connectivity index (χ3n) is 3.68. The van der Waals surface area contributed by atoms with Gasteiger partial charge in [-0.1, -0.05) is 29.8 Å². The van der Waals surface area contributed by atoms with Crippen molar-refractivity contribution < 1.29 is 9.90 Å². The molecule has 1 aliphatic rings. The van der Waals surface area contributed by atoms with E-state index in [-0.39, 0.29) is 24.2 Å². The summed E-state index contributed by atoms with van der Waals surface area (Å²) in [5.74, 6) is 0.234. The van der Waals surface area contributed by atoms with E-state index in [1.54, 1.807) is 4.90 Å². The van der Waals surface area contributed by atoms with Gasteiger partial charge in [0.1, 0.15) is 0 Å². The minimum atomic E-state index is -0.613. The fourth-order valence-electron chi connectivity index (χ4n) is 2.20. The van der Waals surface area contributed by atoms with Gasteiger partial charge in [-0.2, -0.15) is 0 Å². The Morgan fingerprint density at radius 3 is 2.45 bits per heavy atom. The first-order valence-corrected chi connectivity index (χ1v) is 6.86. The first-order chi connectivity index (χ1) is 9.11. The van der Waals surface area contributed by atoms with Crippen LogP contribution in [0.4, 0.5) is 0 Å². The molecule has 112 valence electrons. The van der Waals surface area contributed by atoms with E-state index in [9.17, 15) is 9.90 Å². The van der Waals surface area contributed by atoms with Gasteiger partial charge in [0.15, 0.2) is 0 Å². The molecular formula is C15H23ClN2O2. The zero-order valence-corrected chi connectivity index (χ0v) is 12.8. The second kappa shape index (κ2) is 7.62. The van der Waals surface area contributed by atoms with Crippen molar-refractivity contribution in [1.82, 2.24) is 10.2 Å². The minimum Gasteiger partial charge on any atom is -0.387 e. The van der Waals surface area contributed by atoms with Crippen LogP contribution in [0.5, 0.6) is 0 Å². The average molecular weight is 299 g/mol. The summed E-state index contributed by atoms with van der Waals surface area (Å²) in [5.41, 5.74) is 2.03. The Balaban J connectivity index is 0.00000200. The topological polar surface area (TPSA) is 52.6 Å². The van der Waals surface area contributed by atoms with Gasteiger partial charge in [0.05, 0.1) is 18.6 Å². The van der Waals surface area contributed by atoms with Gasteiger partial charge < -0.3 is 15.3 Å². The predicted octanol–water partition coefficient (Wildman–Crippen LogP) is 1.52. The van der Waals surface area contributed by atoms with E-state index in [0.29, 0.717) is 13.1 Å². The van der Waals surface area contributed by atoms with Gasteiger partial charge in [-0.15, -0.1) is 12.4 Å². The van der Waals surface area contributed by atoms with E-state index < -0.39 is 6.10 Å². The van der Waals surface area contributed by atoms with E-state index in [1.807, 2.05) is 38.1 Å². The number of halogens is 1. The molecule has 1 aromatic carbocycles. The highest BCUT2D eigenvalue weighted by Gasteiger charge is 2.29. The number of aliphatic hydroxyl groups is 1. The molecule has 4 nitrogen and oxygen atoms in total. The molecule has 1 heterocycles. The Hall–Kier alpha value is -1.10. The van der Waals surface area contributed by atoms with Gasteiger partial charge in [0.2, 0.25) is 5.91 Å². The highest BCUT2D eigenvalue weighted by atomic mass is 35.5. The largest absolute Gasteiger partial charge is 0.387 e. The summed E-state index contributed by atoms with van der Waals surface area (Å²) in [6, 6.07) is 7.80. The molecule has 1 fully saturated rings. The Morgan fingerprint density at radius 2 is 2.00 bits per heavy atom. The summed E-state index contributed by atoms with van der Waals surface area (Å²) in [7, 11) is 0. The third-order valence-corrected chi connectivity index (χ3v) is 3.68. The summed E-state index contributed by atoms with van der Waals surface area (Å²) in [6.45, 7) is 6.49. The Labute approximate surface area is 126 Å². The number of rotatable bonds is 5. The number of likely N-dealkylation sites (N-methyl/N-ethyl adjacent to an activating group) is 1. The molecule has 20 heavy (non-hydrogen) atoms. The van der Waals surface area contributed by atoms with E-state index in [4.69, 9.17) is 0 Å². The van der Waals surface area contributed by atoms with Crippen molar-refractivity contribution in [3.05, 3.63) is 35.4 Å². The van der Waals surface area contributed by atoms with Crippen LogP contribution in [-0.4, -0.2) is 42.1 Å². The molecule has 0 saturated carbocycles. The van der Waals surface area contributed by atoms with Crippen molar-refractivity contribution in [3.63, 3.8) is 0 Å². The van der Waals surface area contributed by atoms with Crippen molar-refractivity contribution in [2.24, 2.45) is 5.92 Å². The molecule has 2 N–H and O–H groups in total. The highest BCUT2D eigenvalue weighted by molar-refractivity contribution is 5.85. The average Bonchev–Trinajstić information content (AvgIpc) is 2.34. The minimum absolute atomic E-state index is 0. The Morgan fingerprint density at radius 1 is 1.40 bits per heavy atom. The van der Waals surface area contributed by atoms with Crippen LogP contribution in [0.25, 0.3) is 0 Å². The van der Waals surface area contributed by atoms with Crippen molar-refractivity contribution in [1.29, 1.82) is 0 Å². The fourth-order valence-corrected chi connectivity index (χ4v) is 2.20. The lowest BCUT2D eigenvalue weighted by atomic mass is 10.0. The Kier molecular flexibility index (Phi) is 6.46. The van der Waals surface area contributed by atoms with Crippen molar-refractivity contribution in [2.75, 3.05) is 26.2 Å². The molecule has 0 bridgehead atoms. The van der Waals surface area contributed by atoms with Gasteiger partial charge in [0.25, 0.3) is 0 Å². The lowest BCUT2D eigenvalue weighted by Gasteiger charge is -2.33. The molecule has 0 aromatic heterocycles. The molecule has 2 rings (SSSR count). The first kappa shape index (κ1) is 17.0. The molecule has 0 radical (unpaired) electrons. The number of carbonyl (C=O) groups excluding carboxylic acids is 1.